The lowest BCUT2D eigenvalue weighted by Gasteiger charge is -2.47. The molecule has 1 saturated carbocycles. The molecule has 5 aliphatic rings. The van der Waals surface area contributed by atoms with Gasteiger partial charge in [0.2, 0.25) is 5.79 Å². The molecule has 2 bridgehead atoms. The number of rotatable bonds is 7. The van der Waals surface area contributed by atoms with Crippen molar-refractivity contribution in [3.63, 3.8) is 0 Å². The Morgan fingerprint density at radius 3 is 2.41 bits per heavy atom. The Morgan fingerprint density at radius 2 is 1.75 bits per heavy atom. The highest BCUT2D eigenvalue weighted by atomic mass is 16.7. The fourth-order valence-electron chi connectivity index (χ4n) is 10.7. The minimum atomic E-state index is -2.47. The van der Waals surface area contributed by atoms with Gasteiger partial charge in [-0.15, -0.1) is 0 Å². The lowest BCUT2D eigenvalue weighted by atomic mass is 9.76. The van der Waals surface area contributed by atoms with Crippen LogP contribution in [0.3, 0.4) is 0 Å². The number of Topliss-reactive ketones (excluding diaryl/α,β-unsaturated/α-hetero) is 2. The van der Waals surface area contributed by atoms with E-state index in [-0.39, 0.29) is 42.6 Å². The average molecular weight is 857 g/mol. The van der Waals surface area contributed by atoms with Gasteiger partial charge in [0.1, 0.15) is 24.0 Å². The Labute approximate surface area is 364 Å². The molecule has 0 aromatic rings. The minimum Gasteiger partial charge on any atom is -0.456 e. The van der Waals surface area contributed by atoms with Crippen LogP contribution in [0, 0.1) is 23.7 Å². The highest BCUT2D eigenvalue weighted by Gasteiger charge is 2.56. The molecule has 1 amide bonds. The number of piperidine rings is 1. The maximum absolute atomic E-state index is 14.6. The van der Waals surface area contributed by atoms with Crippen LogP contribution in [0.4, 0.5) is 0 Å². The van der Waals surface area contributed by atoms with Crippen LogP contribution in [0.15, 0.2) is 28.3 Å². The van der Waals surface area contributed by atoms with E-state index < -0.39 is 65.4 Å². The largest absolute Gasteiger partial charge is 0.456 e. The van der Waals surface area contributed by atoms with Crippen LogP contribution >= 0.6 is 0 Å². The molecule has 344 valence electrons. The first-order chi connectivity index (χ1) is 29.0. The van der Waals surface area contributed by atoms with Crippen LogP contribution in [0.2, 0.25) is 0 Å². The van der Waals surface area contributed by atoms with Crippen molar-refractivity contribution < 1.29 is 48.0 Å². The number of guanidine groups is 1. The number of nitrogens with one attached hydrogen (secondary N) is 1. The van der Waals surface area contributed by atoms with E-state index in [9.17, 15) is 24.3 Å². The van der Waals surface area contributed by atoms with E-state index in [1.807, 2.05) is 34.7 Å². The highest BCUT2D eigenvalue weighted by Crippen LogP contribution is 2.41. The predicted octanol–water partition coefficient (Wildman–Crippen LogP) is 5.54. The maximum atomic E-state index is 14.6. The van der Waals surface area contributed by atoms with E-state index in [2.05, 4.69) is 29.3 Å². The molecule has 3 fully saturated rings. The summed E-state index contributed by atoms with van der Waals surface area (Å²) in [5, 5.41) is 15.6. The molecule has 0 aromatic carbocycles. The van der Waals surface area contributed by atoms with Crippen molar-refractivity contribution in [1.29, 1.82) is 0 Å². The SMILES string of the molecule is CCC1C=C(C)CC(C)CC(OC)C2OC(O)(C(=O)C(=O)N3CCCCC3C(=O)OC(C(C)=CC3(N(C)C4=NCCN4)CCCC(OC)C3)C(C)CCC1=O)C(C)CC2OC. The normalized spacial score (nSPS) is 38.1. The first-order valence-electron chi connectivity index (χ1n) is 23.0. The van der Waals surface area contributed by atoms with Crippen LogP contribution in [-0.2, 0) is 42.9 Å². The molecule has 61 heavy (non-hydrogen) atoms. The molecule has 4 aliphatic heterocycles. The van der Waals surface area contributed by atoms with Crippen LogP contribution < -0.4 is 5.32 Å². The summed E-state index contributed by atoms with van der Waals surface area (Å²) < 4.78 is 30.6. The number of esters is 1. The first kappa shape index (κ1) is 48.9. The second-order valence-corrected chi connectivity index (χ2v) is 18.9. The molecule has 12 atom stereocenters. The van der Waals surface area contributed by atoms with Crippen LogP contribution in [0.1, 0.15) is 125 Å². The second-order valence-electron chi connectivity index (χ2n) is 18.9. The number of carbonyl (C=O) groups is 4. The number of cyclic esters (lactones) is 1. The van der Waals surface area contributed by atoms with Gasteiger partial charge in [-0.3, -0.25) is 19.4 Å². The van der Waals surface area contributed by atoms with E-state index in [4.69, 9.17) is 28.7 Å². The predicted molar refractivity (Wildman–Crippen MR) is 233 cm³/mol. The molecule has 1 aliphatic carbocycles. The number of allylic oxidation sites excluding steroid dienone is 2. The number of likely N-dealkylation sites (N-methyl/N-ethyl adjacent to an activating group) is 1. The van der Waals surface area contributed by atoms with Gasteiger partial charge in [-0.2, -0.15) is 0 Å². The molecular formula is C47H76N4O10. The van der Waals surface area contributed by atoms with Gasteiger partial charge in [-0.25, -0.2) is 4.79 Å². The fraction of sp³-hybridized carbons (Fsp3) is 0.809. The molecular weight excluding hydrogens is 781 g/mol. The molecule has 4 heterocycles. The quantitative estimate of drug-likeness (QED) is 0.187. The van der Waals surface area contributed by atoms with Crippen LogP contribution in [0.25, 0.3) is 0 Å². The smallest absolute Gasteiger partial charge is 0.329 e. The number of aliphatic hydroxyl groups is 1. The van der Waals surface area contributed by atoms with Gasteiger partial charge < -0.3 is 43.9 Å². The van der Waals surface area contributed by atoms with E-state index in [1.165, 1.54) is 4.90 Å². The maximum Gasteiger partial charge on any atom is 0.329 e. The number of methoxy groups -OCH3 is 3. The zero-order valence-corrected chi connectivity index (χ0v) is 38.7. The van der Waals surface area contributed by atoms with Gasteiger partial charge >= 0.3 is 5.97 Å². The van der Waals surface area contributed by atoms with Crippen molar-refractivity contribution in [2.24, 2.45) is 28.7 Å². The molecule has 2 N–H and O–H groups in total. The lowest BCUT2D eigenvalue weighted by molar-refractivity contribution is -0.302. The van der Waals surface area contributed by atoms with E-state index in [0.29, 0.717) is 64.3 Å². The molecule has 0 spiro atoms. The first-order valence-corrected chi connectivity index (χ1v) is 23.0. The topological polar surface area (TPSA) is 166 Å². The van der Waals surface area contributed by atoms with Gasteiger partial charge in [0.25, 0.3) is 11.7 Å². The van der Waals surface area contributed by atoms with Crippen molar-refractivity contribution in [1.82, 2.24) is 15.1 Å². The van der Waals surface area contributed by atoms with Gasteiger partial charge in [-0.1, -0.05) is 45.4 Å². The fourth-order valence-corrected chi connectivity index (χ4v) is 10.7. The average Bonchev–Trinajstić information content (AvgIpc) is 3.80. The van der Waals surface area contributed by atoms with Crippen molar-refractivity contribution in [3.8, 4) is 0 Å². The van der Waals surface area contributed by atoms with Crippen LogP contribution in [-0.4, -0.2) is 140 Å². The van der Waals surface area contributed by atoms with Crippen molar-refractivity contribution in [2.45, 2.75) is 173 Å². The van der Waals surface area contributed by atoms with Gasteiger partial charge in [0.15, 0.2) is 5.96 Å². The number of nitrogens with zero attached hydrogens (tertiary/aromatic N) is 3. The molecule has 12 unspecified atom stereocenters. The lowest BCUT2D eigenvalue weighted by Crippen LogP contribution is -2.64. The number of aliphatic imine (C=N–C) groups is 1. The molecule has 5 rings (SSSR count). The molecule has 2 saturated heterocycles. The third-order valence-corrected chi connectivity index (χ3v) is 14.4. The number of hydrogen-bond acceptors (Lipinski definition) is 13. The number of fused-ring (bicyclic) bond motifs is 3. The standard InChI is InChI=1S/C47H76N4O10/c1-11-34-24-29(2)23-30(3)25-38(58-9)41-39(59-10)26-33(6)47(56,61-41)42(53)43(54)51-22-13-12-16-36(51)44(55)60-40(31(4)17-18-37(34)52)32(5)27-46(19-14-15-35(28-46)57-8)50(7)45-48-20-21-49-45/h24,27,30-31,33-36,38-41,56H,11-23,25-26,28H2,1-10H3,(H,48,49). The Balaban J connectivity index is 1.56. The summed E-state index contributed by atoms with van der Waals surface area (Å²) in [4.78, 5) is 65.6. The van der Waals surface area contributed by atoms with Crippen LogP contribution in [0.5, 0.6) is 0 Å². The Bertz CT molecular complexity index is 1650. The molecule has 0 radical (unpaired) electrons. The third kappa shape index (κ3) is 11.1. The van der Waals surface area contributed by atoms with Gasteiger partial charge in [0, 0.05) is 66.1 Å². The summed E-state index contributed by atoms with van der Waals surface area (Å²) in [5.74, 6) is -5.48. The number of ether oxygens (including phenoxy) is 5. The Morgan fingerprint density at radius 1 is 1.03 bits per heavy atom. The summed E-state index contributed by atoms with van der Waals surface area (Å²) in [7, 11) is 6.91. The molecule has 0 aromatic heterocycles. The van der Waals surface area contributed by atoms with E-state index in [1.54, 1.807) is 28.3 Å². The van der Waals surface area contributed by atoms with Crippen molar-refractivity contribution in [3.05, 3.63) is 23.3 Å². The third-order valence-electron chi connectivity index (χ3n) is 14.4. The summed E-state index contributed by atoms with van der Waals surface area (Å²) in [6, 6.07) is -1.06. The number of amides is 1. The second kappa shape index (κ2) is 21.5. The summed E-state index contributed by atoms with van der Waals surface area (Å²) in [6.45, 7) is 13.4. The number of hydrogen-bond donors (Lipinski definition) is 2. The van der Waals surface area contributed by atoms with Gasteiger partial charge in [-0.05, 0) is 102 Å². The zero-order chi connectivity index (χ0) is 44.6. The van der Waals surface area contributed by atoms with Gasteiger partial charge in [0.05, 0.1) is 30.4 Å². The summed E-state index contributed by atoms with van der Waals surface area (Å²) in [5.41, 5.74) is 1.42. The monoisotopic (exact) mass is 857 g/mol. The van der Waals surface area contributed by atoms with Crippen molar-refractivity contribution >= 4 is 29.4 Å². The Kier molecular flexibility index (Phi) is 17.2. The molecule has 14 heteroatoms. The summed E-state index contributed by atoms with van der Waals surface area (Å²) in [6.07, 6.45) is 9.47. The number of ketones is 2. The highest BCUT2D eigenvalue weighted by molar-refractivity contribution is 6.39. The van der Waals surface area contributed by atoms with E-state index in [0.717, 1.165) is 42.9 Å². The summed E-state index contributed by atoms with van der Waals surface area (Å²) >= 11 is 0. The molecule has 14 nitrogen and oxygen atoms in total. The van der Waals surface area contributed by atoms with Crippen molar-refractivity contribution in [2.75, 3.05) is 48.0 Å². The number of carbonyl (C=O) groups excluding carboxylic acids is 4. The van der Waals surface area contributed by atoms with E-state index >= 15 is 0 Å². The minimum absolute atomic E-state index is 0.0227. The zero-order valence-electron chi connectivity index (χ0n) is 38.7. The Hall–Kier alpha value is -3.17.